The van der Waals surface area contributed by atoms with Gasteiger partial charge in [-0.05, 0) is 48.2 Å². The summed E-state index contributed by atoms with van der Waals surface area (Å²) in [5.41, 5.74) is 0. The van der Waals surface area contributed by atoms with Gasteiger partial charge in [0.05, 0.1) is 5.39 Å². The molecule has 1 saturated heterocycles. The van der Waals surface area contributed by atoms with Crippen LogP contribution in [0.3, 0.4) is 0 Å². The number of fused-ring (bicyclic) bond motifs is 1. The quantitative estimate of drug-likeness (QED) is 0.766. The molecule has 0 N–H and O–H groups in total. The zero-order chi connectivity index (χ0) is 13.9. The number of nitrogens with zero attached hydrogens (tertiary/aromatic N) is 3. The molecular formula is C15H20ClN3S. The summed E-state index contributed by atoms with van der Waals surface area (Å²) in [6, 6.07) is 2.11. The Bertz CT molecular complexity index is 584. The molecule has 1 atom stereocenters. The highest BCUT2D eigenvalue weighted by atomic mass is 35.5. The van der Waals surface area contributed by atoms with Gasteiger partial charge in [-0.1, -0.05) is 19.8 Å². The molecule has 1 fully saturated rings. The van der Waals surface area contributed by atoms with Crippen molar-refractivity contribution in [2.24, 2.45) is 5.92 Å². The first-order valence-corrected chi connectivity index (χ1v) is 8.69. The first-order chi connectivity index (χ1) is 9.78. The highest BCUT2D eigenvalue weighted by molar-refractivity contribution is 7.16. The Hall–Kier alpha value is -0.870. The van der Waals surface area contributed by atoms with E-state index in [9.17, 15) is 0 Å². The number of hydrogen-bond acceptors (Lipinski definition) is 4. The van der Waals surface area contributed by atoms with E-state index < -0.39 is 0 Å². The maximum absolute atomic E-state index is 6.08. The van der Waals surface area contributed by atoms with Crippen LogP contribution in [0.1, 0.15) is 39.0 Å². The summed E-state index contributed by atoms with van der Waals surface area (Å²) in [7, 11) is 0. The van der Waals surface area contributed by atoms with Gasteiger partial charge in [-0.3, -0.25) is 0 Å². The van der Waals surface area contributed by atoms with Gasteiger partial charge in [0.1, 0.15) is 10.6 Å². The van der Waals surface area contributed by atoms with E-state index in [4.69, 9.17) is 11.6 Å². The molecule has 0 aromatic carbocycles. The average Bonchev–Trinajstić information content (AvgIpc) is 2.77. The van der Waals surface area contributed by atoms with Crippen molar-refractivity contribution < 1.29 is 0 Å². The number of anilines is 1. The van der Waals surface area contributed by atoms with Gasteiger partial charge in [0.2, 0.25) is 5.28 Å². The molecule has 0 amide bonds. The molecule has 3 rings (SSSR count). The Labute approximate surface area is 129 Å². The minimum atomic E-state index is 0.365. The minimum absolute atomic E-state index is 0.365. The number of halogens is 1. The smallest absolute Gasteiger partial charge is 0.225 e. The number of rotatable bonds is 3. The van der Waals surface area contributed by atoms with Crippen molar-refractivity contribution in [3.05, 3.63) is 16.7 Å². The molecule has 3 heterocycles. The van der Waals surface area contributed by atoms with Crippen LogP contribution in [0.25, 0.3) is 10.2 Å². The van der Waals surface area contributed by atoms with Crippen molar-refractivity contribution in [3.8, 4) is 0 Å². The van der Waals surface area contributed by atoms with Crippen molar-refractivity contribution in [2.45, 2.75) is 39.0 Å². The maximum Gasteiger partial charge on any atom is 0.225 e. The molecule has 2 aromatic heterocycles. The average molecular weight is 310 g/mol. The van der Waals surface area contributed by atoms with Gasteiger partial charge in [-0.2, -0.15) is 4.98 Å². The molecule has 0 bridgehead atoms. The Balaban J connectivity index is 1.85. The van der Waals surface area contributed by atoms with Crippen molar-refractivity contribution in [1.82, 2.24) is 9.97 Å². The molecule has 3 nitrogen and oxygen atoms in total. The molecule has 1 aliphatic heterocycles. The summed E-state index contributed by atoms with van der Waals surface area (Å²) in [4.78, 5) is 12.2. The monoisotopic (exact) mass is 309 g/mol. The van der Waals surface area contributed by atoms with E-state index in [1.54, 1.807) is 11.3 Å². The third-order valence-corrected chi connectivity index (χ3v) is 5.10. The van der Waals surface area contributed by atoms with Crippen molar-refractivity contribution in [2.75, 3.05) is 18.0 Å². The Morgan fingerprint density at radius 2 is 2.25 bits per heavy atom. The van der Waals surface area contributed by atoms with Crippen LogP contribution >= 0.6 is 22.9 Å². The van der Waals surface area contributed by atoms with Crippen molar-refractivity contribution in [1.29, 1.82) is 0 Å². The van der Waals surface area contributed by atoms with E-state index in [1.165, 1.54) is 32.1 Å². The van der Waals surface area contributed by atoms with Gasteiger partial charge >= 0.3 is 0 Å². The first kappa shape index (κ1) is 14.1. The lowest BCUT2D eigenvalue weighted by Gasteiger charge is -2.22. The number of hydrogen-bond donors (Lipinski definition) is 0. The summed E-state index contributed by atoms with van der Waals surface area (Å²) < 4.78 is 0. The van der Waals surface area contributed by atoms with Crippen LogP contribution in [-0.4, -0.2) is 23.1 Å². The molecular weight excluding hydrogens is 290 g/mol. The van der Waals surface area contributed by atoms with Gasteiger partial charge in [0, 0.05) is 13.1 Å². The normalized spacial score (nSPS) is 20.3. The zero-order valence-electron chi connectivity index (χ0n) is 11.8. The van der Waals surface area contributed by atoms with E-state index in [1.807, 2.05) is 0 Å². The number of thiophene rings is 1. The first-order valence-electron chi connectivity index (χ1n) is 7.43. The van der Waals surface area contributed by atoms with Crippen LogP contribution in [0.15, 0.2) is 11.4 Å². The fraction of sp³-hybridized carbons (Fsp3) is 0.600. The molecule has 0 saturated carbocycles. The largest absolute Gasteiger partial charge is 0.356 e. The topological polar surface area (TPSA) is 29.0 Å². The zero-order valence-corrected chi connectivity index (χ0v) is 13.4. The second-order valence-corrected chi connectivity index (χ2v) is 6.76. The Morgan fingerprint density at radius 3 is 3.10 bits per heavy atom. The SMILES string of the molecule is CCCC1CCCN(c2nc(Cl)nc3sccc23)CC1. The van der Waals surface area contributed by atoms with Gasteiger partial charge in [-0.25, -0.2) is 4.98 Å². The summed E-state index contributed by atoms with van der Waals surface area (Å²) in [5, 5.41) is 3.58. The summed E-state index contributed by atoms with van der Waals surface area (Å²) in [6.45, 7) is 4.45. The second-order valence-electron chi connectivity index (χ2n) is 5.53. The van der Waals surface area contributed by atoms with Gasteiger partial charge < -0.3 is 4.90 Å². The van der Waals surface area contributed by atoms with Crippen LogP contribution < -0.4 is 4.90 Å². The molecule has 20 heavy (non-hydrogen) atoms. The van der Waals surface area contributed by atoms with Crippen LogP contribution in [-0.2, 0) is 0 Å². The molecule has 1 aliphatic rings. The molecule has 0 radical (unpaired) electrons. The van der Waals surface area contributed by atoms with Gasteiger partial charge in [0.15, 0.2) is 0 Å². The third kappa shape index (κ3) is 2.91. The molecule has 108 valence electrons. The van der Waals surface area contributed by atoms with Crippen LogP contribution in [0.5, 0.6) is 0 Å². The van der Waals surface area contributed by atoms with Crippen LogP contribution in [0.4, 0.5) is 5.82 Å². The minimum Gasteiger partial charge on any atom is -0.356 e. The Morgan fingerprint density at radius 1 is 1.35 bits per heavy atom. The maximum atomic E-state index is 6.08. The lowest BCUT2D eigenvalue weighted by Crippen LogP contribution is -2.25. The van der Waals surface area contributed by atoms with E-state index in [-0.39, 0.29) is 0 Å². The molecule has 0 spiro atoms. The predicted molar refractivity (Wildman–Crippen MR) is 86.9 cm³/mol. The highest BCUT2D eigenvalue weighted by Crippen LogP contribution is 2.31. The molecule has 1 unspecified atom stereocenters. The predicted octanol–water partition coefficient (Wildman–Crippen LogP) is 4.75. The lowest BCUT2D eigenvalue weighted by atomic mass is 9.96. The fourth-order valence-electron chi connectivity index (χ4n) is 3.13. The number of aromatic nitrogens is 2. The van der Waals surface area contributed by atoms with E-state index in [0.29, 0.717) is 5.28 Å². The molecule has 2 aromatic rings. The second kappa shape index (κ2) is 6.27. The van der Waals surface area contributed by atoms with Crippen molar-refractivity contribution >= 4 is 39.0 Å². The summed E-state index contributed by atoms with van der Waals surface area (Å²) in [5.74, 6) is 1.90. The van der Waals surface area contributed by atoms with Gasteiger partial charge in [0.25, 0.3) is 0 Å². The summed E-state index contributed by atoms with van der Waals surface area (Å²) in [6.07, 6.45) is 6.50. The third-order valence-electron chi connectivity index (χ3n) is 4.12. The highest BCUT2D eigenvalue weighted by Gasteiger charge is 2.20. The fourth-order valence-corrected chi connectivity index (χ4v) is 4.10. The molecule has 0 aliphatic carbocycles. The van der Waals surface area contributed by atoms with Gasteiger partial charge in [-0.15, -0.1) is 11.3 Å². The summed E-state index contributed by atoms with van der Waals surface area (Å²) >= 11 is 7.71. The molecule has 5 heteroatoms. The lowest BCUT2D eigenvalue weighted by molar-refractivity contribution is 0.435. The van der Waals surface area contributed by atoms with Crippen molar-refractivity contribution in [3.63, 3.8) is 0 Å². The standard InChI is InChI=1S/C15H20ClN3S/c1-2-4-11-5-3-8-19(9-6-11)13-12-7-10-20-14(12)18-15(16)17-13/h7,10-11H,2-6,8-9H2,1H3. The Kier molecular flexibility index (Phi) is 4.41. The van der Waals surface area contributed by atoms with E-state index in [0.717, 1.165) is 35.0 Å². The van der Waals surface area contributed by atoms with E-state index >= 15 is 0 Å². The van der Waals surface area contributed by atoms with Crippen LogP contribution in [0.2, 0.25) is 5.28 Å². The van der Waals surface area contributed by atoms with E-state index in [2.05, 4.69) is 33.2 Å². The van der Waals surface area contributed by atoms with Crippen LogP contribution in [0, 0.1) is 5.92 Å².